The lowest BCUT2D eigenvalue weighted by Gasteiger charge is -2.29. The minimum absolute atomic E-state index is 0.176. The van der Waals surface area contributed by atoms with Crippen LogP contribution < -0.4 is 15.9 Å². The van der Waals surface area contributed by atoms with Crippen molar-refractivity contribution >= 4 is 22.5 Å². The Labute approximate surface area is 175 Å². The van der Waals surface area contributed by atoms with Crippen LogP contribution in [0.15, 0.2) is 53.3 Å². The van der Waals surface area contributed by atoms with Crippen molar-refractivity contribution in [3.05, 3.63) is 70.0 Å². The van der Waals surface area contributed by atoms with Gasteiger partial charge >= 0.3 is 6.18 Å². The van der Waals surface area contributed by atoms with Gasteiger partial charge in [-0.3, -0.25) is 9.59 Å². The number of carbonyl (C=O) groups is 1. The van der Waals surface area contributed by atoms with Crippen LogP contribution in [0.2, 0.25) is 0 Å². The molecule has 0 spiro atoms. The Bertz CT molecular complexity index is 1170. The van der Waals surface area contributed by atoms with Crippen LogP contribution in [0.25, 0.3) is 10.8 Å². The summed E-state index contributed by atoms with van der Waals surface area (Å²) in [5, 5.41) is 5.35. The van der Waals surface area contributed by atoms with Crippen molar-refractivity contribution in [2.24, 2.45) is 0 Å². The molecule has 1 aromatic heterocycles. The molecule has 0 radical (unpaired) electrons. The maximum Gasteiger partial charge on any atom is 0.416 e. The third kappa shape index (κ3) is 4.53. The largest absolute Gasteiger partial charge is 0.416 e. The van der Waals surface area contributed by atoms with Crippen molar-refractivity contribution in [3.63, 3.8) is 0 Å². The zero-order valence-electron chi connectivity index (χ0n) is 16.4. The summed E-state index contributed by atoms with van der Waals surface area (Å²) < 4.78 is 44.1. The third-order valence-electron chi connectivity index (χ3n) is 4.95. The van der Waals surface area contributed by atoms with Crippen LogP contribution in [0.1, 0.15) is 11.1 Å². The van der Waals surface area contributed by atoms with Gasteiger partial charge in [0.05, 0.1) is 30.6 Å². The number of morpholine rings is 1. The average molecular weight is 432 g/mol. The molecular weight excluding hydrogens is 413 g/mol. The number of carbonyl (C=O) groups excluding carboxylic acids is 1. The zero-order chi connectivity index (χ0) is 22.0. The predicted molar refractivity (Wildman–Crippen MR) is 109 cm³/mol. The Morgan fingerprint density at radius 1 is 1.06 bits per heavy atom. The molecule has 1 amide bonds. The predicted octanol–water partition coefficient (Wildman–Crippen LogP) is 2.56. The van der Waals surface area contributed by atoms with E-state index in [4.69, 9.17) is 4.74 Å². The molecule has 0 bridgehead atoms. The maximum atomic E-state index is 12.9. The van der Waals surface area contributed by atoms with Crippen LogP contribution >= 0.6 is 0 Å². The molecule has 4 rings (SSSR count). The number of aromatic nitrogens is 2. The summed E-state index contributed by atoms with van der Waals surface area (Å²) in [4.78, 5) is 28.1. The van der Waals surface area contributed by atoms with E-state index in [0.29, 0.717) is 42.9 Å². The lowest BCUT2D eigenvalue weighted by Crippen LogP contribution is -2.41. The second kappa shape index (κ2) is 8.38. The fourth-order valence-electron chi connectivity index (χ4n) is 3.46. The molecule has 1 aliphatic heterocycles. The van der Waals surface area contributed by atoms with Crippen LogP contribution in [0.3, 0.4) is 0 Å². The van der Waals surface area contributed by atoms with Crippen LogP contribution in [0.4, 0.5) is 19.0 Å². The maximum absolute atomic E-state index is 12.9. The third-order valence-corrected chi connectivity index (χ3v) is 4.95. The van der Waals surface area contributed by atoms with Gasteiger partial charge in [-0.15, -0.1) is 9.89 Å². The summed E-state index contributed by atoms with van der Waals surface area (Å²) >= 11 is 0. The standard InChI is InChI=1S/C21H19F3N4O3/c22-21(23,24)15-5-3-4-14(12-15)13-18(29)25-28-20(30)17-7-2-1-6-16(17)19(26-28)27-8-10-31-11-9-27/h1-7,12H,8-11,13H2,(H,25,29). The first-order valence-electron chi connectivity index (χ1n) is 9.64. The molecule has 0 unspecified atom stereocenters. The number of amides is 1. The highest BCUT2D eigenvalue weighted by molar-refractivity contribution is 5.92. The highest BCUT2D eigenvalue weighted by Crippen LogP contribution is 2.29. The molecule has 1 aliphatic rings. The Balaban J connectivity index is 1.63. The molecule has 162 valence electrons. The SMILES string of the molecule is O=C(Cc1cccc(C(F)(F)F)c1)Nn1nc(N2CCOCC2)c2ccccc2c1=O. The van der Waals surface area contributed by atoms with Crippen LogP contribution in [-0.2, 0) is 22.1 Å². The molecule has 7 nitrogen and oxygen atoms in total. The Morgan fingerprint density at radius 3 is 2.48 bits per heavy atom. The van der Waals surface area contributed by atoms with E-state index in [2.05, 4.69) is 10.5 Å². The summed E-state index contributed by atoms with van der Waals surface area (Å²) in [5.74, 6) is -0.130. The molecule has 2 aromatic carbocycles. The number of anilines is 1. The molecule has 0 saturated carbocycles. The van der Waals surface area contributed by atoms with Gasteiger partial charge in [0.2, 0.25) is 5.91 Å². The number of halogens is 3. The summed E-state index contributed by atoms with van der Waals surface area (Å²) in [6.07, 6.45) is -4.84. The molecule has 0 atom stereocenters. The summed E-state index contributed by atoms with van der Waals surface area (Å²) in [5.41, 5.74) is 1.22. The Morgan fingerprint density at radius 2 is 1.77 bits per heavy atom. The minimum atomic E-state index is -4.50. The van der Waals surface area contributed by atoms with Gasteiger partial charge in [-0.05, 0) is 17.7 Å². The van der Waals surface area contributed by atoms with Gasteiger partial charge in [-0.2, -0.15) is 13.2 Å². The fraction of sp³-hybridized carbons (Fsp3) is 0.286. The van der Waals surface area contributed by atoms with Gasteiger partial charge in [-0.25, -0.2) is 5.43 Å². The fourth-order valence-corrected chi connectivity index (χ4v) is 3.46. The minimum Gasteiger partial charge on any atom is -0.378 e. The normalized spacial score (nSPS) is 14.6. The van der Waals surface area contributed by atoms with Crippen LogP contribution in [-0.4, -0.2) is 42.1 Å². The second-order valence-electron chi connectivity index (χ2n) is 7.10. The number of ether oxygens (including phenoxy) is 1. The summed E-state index contributed by atoms with van der Waals surface area (Å²) in [7, 11) is 0. The molecule has 2 heterocycles. The first-order valence-corrected chi connectivity index (χ1v) is 9.64. The number of hydrogen-bond acceptors (Lipinski definition) is 5. The van der Waals surface area contributed by atoms with E-state index < -0.39 is 23.2 Å². The van der Waals surface area contributed by atoms with Crippen molar-refractivity contribution in [2.45, 2.75) is 12.6 Å². The number of nitrogens with zero attached hydrogens (tertiary/aromatic N) is 3. The average Bonchev–Trinajstić information content (AvgIpc) is 2.76. The van der Waals surface area contributed by atoms with Gasteiger partial charge in [0.15, 0.2) is 5.82 Å². The molecule has 31 heavy (non-hydrogen) atoms. The molecule has 1 N–H and O–H groups in total. The molecular formula is C21H19F3N4O3. The first kappa shape index (κ1) is 20.9. The Kier molecular flexibility index (Phi) is 5.64. The van der Waals surface area contributed by atoms with E-state index in [0.717, 1.165) is 16.9 Å². The van der Waals surface area contributed by atoms with Crippen LogP contribution in [0.5, 0.6) is 0 Å². The van der Waals surface area contributed by atoms with E-state index in [-0.39, 0.29) is 12.0 Å². The number of hydrogen-bond donors (Lipinski definition) is 1. The van der Waals surface area contributed by atoms with Gasteiger partial charge in [0.1, 0.15) is 0 Å². The van der Waals surface area contributed by atoms with Crippen LogP contribution in [0, 0.1) is 0 Å². The lowest BCUT2D eigenvalue weighted by atomic mass is 10.1. The van der Waals surface area contributed by atoms with Gasteiger partial charge in [0, 0.05) is 18.5 Å². The summed E-state index contributed by atoms with van der Waals surface area (Å²) in [6.45, 7) is 2.18. The number of alkyl halides is 3. The first-order chi connectivity index (χ1) is 14.8. The monoisotopic (exact) mass is 432 g/mol. The molecule has 0 aliphatic carbocycles. The van der Waals surface area contributed by atoms with E-state index in [9.17, 15) is 22.8 Å². The highest BCUT2D eigenvalue weighted by Gasteiger charge is 2.30. The molecule has 1 fully saturated rings. The van der Waals surface area contributed by atoms with Crippen molar-refractivity contribution in [1.29, 1.82) is 0 Å². The van der Waals surface area contributed by atoms with E-state index in [1.165, 1.54) is 12.1 Å². The second-order valence-corrected chi connectivity index (χ2v) is 7.10. The smallest absolute Gasteiger partial charge is 0.378 e. The molecule has 10 heteroatoms. The van der Waals surface area contributed by atoms with Gasteiger partial charge < -0.3 is 9.64 Å². The molecule has 3 aromatic rings. The van der Waals surface area contributed by atoms with Gasteiger partial charge in [-0.1, -0.05) is 36.4 Å². The van der Waals surface area contributed by atoms with Crippen molar-refractivity contribution in [2.75, 3.05) is 36.6 Å². The Hall–Kier alpha value is -3.40. The molecule has 1 saturated heterocycles. The topological polar surface area (TPSA) is 76.5 Å². The van der Waals surface area contributed by atoms with E-state index >= 15 is 0 Å². The summed E-state index contributed by atoms with van der Waals surface area (Å²) in [6, 6.07) is 11.4. The van der Waals surface area contributed by atoms with Crippen molar-refractivity contribution < 1.29 is 22.7 Å². The highest BCUT2D eigenvalue weighted by atomic mass is 19.4. The van der Waals surface area contributed by atoms with Crippen molar-refractivity contribution in [1.82, 2.24) is 9.89 Å². The quantitative estimate of drug-likeness (QED) is 0.686. The zero-order valence-corrected chi connectivity index (χ0v) is 16.4. The van der Waals surface area contributed by atoms with Gasteiger partial charge in [0.25, 0.3) is 5.56 Å². The van der Waals surface area contributed by atoms with E-state index in [1.54, 1.807) is 24.3 Å². The lowest BCUT2D eigenvalue weighted by molar-refractivity contribution is -0.137. The number of fused-ring (bicyclic) bond motifs is 1. The number of benzene rings is 2. The van der Waals surface area contributed by atoms with E-state index in [1.807, 2.05) is 4.90 Å². The number of nitrogens with one attached hydrogen (secondary N) is 1. The number of rotatable bonds is 4. The van der Waals surface area contributed by atoms with Crippen molar-refractivity contribution in [3.8, 4) is 0 Å².